The molecule has 0 bridgehead atoms. The summed E-state index contributed by atoms with van der Waals surface area (Å²) in [6.45, 7) is 1.18. The molecule has 0 radical (unpaired) electrons. The van der Waals surface area contributed by atoms with Crippen molar-refractivity contribution in [3.63, 3.8) is 0 Å². The Morgan fingerprint density at radius 1 is 1.12 bits per heavy atom. The summed E-state index contributed by atoms with van der Waals surface area (Å²) < 4.78 is 16.3. The molecule has 1 aliphatic rings. The van der Waals surface area contributed by atoms with Gasteiger partial charge >= 0.3 is 0 Å². The average Bonchev–Trinajstić information content (AvgIpc) is 3.31. The summed E-state index contributed by atoms with van der Waals surface area (Å²) in [5.41, 5.74) is 0.669. The molecule has 1 atom stereocenters. The van der Waals surface area contributed by atoms with E-state index in [2.05, 4.69) is 0 Å². The third-order valence-corrected chi connectivity index (χ3v) is 4.34. The number of benzene rings is 1. The number of carbonyl (C=O) groups is 2. The standard InChI is InChI=1S/C19H17NO5/c21-15(17-6-3-8-24-17)11-14-12-23-9-7-20(14)19(22)18-10-13-4-1-2-5-16(13)25-18/h1-6,8,10,14H,7,9,11-12H2/t14-/m1/s1. The van der Waals surface area contributed by atoms with E-state index < -0.39 is 0 Å². The maximum Gasteiger partial charge on any atom is 0.290 e. The molecule has 128 valence electrons. The summed E-state index contributed by atoms with van der Waals surface area (Å²) in [6.07, 6.45) is 1.61. The molecule has 0 spiro atoms. The van der Waals surface area contributed by atoms with Crippen molar-refractivity contribution in [1.29, 1.82) is 0 Å². The molecule has 25 heavy (non-hydrogen) atoms. The second-order valence-corrected chi connectivity index (χ2v) is 5.98. The van der Waals surface area contributed by atoms with E-state index in [0.29, 0.717) is 31.1 Å². The van der Waals surface area contributed by atoms with Crippen LogP contribution in [0.2, 0.25) is 0 Å². The van der Waals surface area contributed by atoms with E-state index in [0.717, 1.165) is 5.39 Å². The number of carbonyl (C=O) groups excluding carboxylic acids is 2. The fraction of sp³-hybridized carbons (Fsp3) is 0.263. The molecule has 1 fully saturated rings. The molecular weight excluding hydrogens is 322 g/mol. The lowest BCUT2D eigenvalue weighted by Crippen LogP contribution is -2.49. The van der Waals surface area contributed by atoms with Gasteiger partial charge in [0, 0.05) is 18.4 Å². The fourth-order valence-electron chi connectivity index (χ4n) is 3.07. The van der Waals surface area contributed by atoms with Crippen molar-refractivity contribution >= 4 is 22.7 Å². The van der Waals surface area contributed by atoms with Crippen molar-refractivity contribution < 1.29 is 23.2 Å². The van der Waals surface area contributed by atoms with Crippen LogP contribution < -0.4 is 0 Å². The Kier molecular flexibility index (Phi) is 4.11. The first kappa shape index (κ1) is 15.7. The molecule has 2 aromatic heterocycles. The van der Waals surface area contributed by atoms with Crippen LogP contribution in [0.4, 0.5) is 0 Å². The predicted molar refractivity (Wildman–Crippen MR) is 89.5 cm³/mol. The molecule has 0 aliphatic carbocycles. The Morgan fingerprint density at radius 3 is 2.80 bits per heavy atom. The van der Waals surface area contributed by atoms with Gasteiger partial charge in [0.15, 0.2) is 17.3 Å². The first-order valence-corrected chi connectivity index (χ1v) is 8.16. The molecule has 6 heteroatoms. The minimum absolute atomic E-state index is 0.150. The second-order valence-electron chi connectivity index (χ2n) is 5.98. The van der Waals surface area contributed by atoms with Gasteiger partial charge in [0.05, 0.1) is 25.5 Å². The van der Waals surface area contributed by atoms with Gasteiger partial charge in [-0.25, -0.2) is 0 Å². The first-order chi connectivity index (χ1) is 12.2. The molecular formula is C19H17NO5. The van der Waals surface area contributed by atoms with E-state index in [4.69, 9.17) is 13.6 Å². The number of rotatable bonds is 4. The molecule has 1 saturated heterocycles. The highest BCUT2D eigenvalue weighted by atomic mass is 16.5. The molecule has 0 unspecified atom stereocenters. The lowest BCUT2D eigenvalue weighted by molar-refractivity contribution is -0.00442. The zero-order chi connectivity index (χ0) is 17.2. The number of furan rings is 2. The number of morpholine rings is 1. The van der Waals surface area contributed by atoms with Gasteiger partial charge in [-0.3, -0.25) is 9.59 Å². The van der Waals surface area contributed by atoms with Crippen LogP contribution in [0, 0.1) is 0 Å². The van der Waals surface area contributed by atoms with E-state index >= 15 is 0 Å². The molecule has 1 amide bonds. The third-order valence-electron chi connectivity index (χ3n) is 4.34. The van der Waals surface area contributed by atoms with Crippen molar-refractivity contribution in [1.82, 2.24) is 4.90 Å². The zero-order valence-electron chi connectivity index (χ0n) is 13.5. The smallest absolute Gasteiger partial charge is 0.290 e. The Bertz CT molecular complexity index is 863. The van der Waals surface area contributed by atoms with Gasteiger partial charge in [-0.15, -0.1) is 0 Å². The van der Waals surface area contributed by atoms with Crippen molar-refractivity contribution in [3.05, 3.63) is 60.2 Å². The number of ketones is 1. The lowest BCUT2D eigenvalue weighted by atomic mass is 10.1. The van der Waals surface area contributed by atoms with Crippen molar-refractivity contribution in [2.45, 2.75) is 12.5 Å². The third kappa shape index (κ3) is 3.08. The Morgan fingerprint density at radius 2 is 2.00 bits per heavy atom. The fourth-order valence-corrected chi connectivity index (χ4v) is 3.07. The predicted octanol–water partition coefficient (Wildman–Crippen LogP) is 3.14. The molecule has 1 aliphatic heterocycles. The zero-order valence-corrected chi connectivity index (χ0v) is 13.5. The SMILES string of the molecule is O=C(C[C@@H]1COCCN1C(=O)c1cc2ccccc2o1)c1ccco1. The highest BCUT2D eigenvalue weighted by Crippen LogP contribution is 2.23. The summed E-state index contributed by atoms with van der Waals surface area (Å²) in [4.78, 5) is 26.9. The molecule has 1 aromatic carbocycles. The summed E-state index contributed by atoms with van der Waals surface area (Å²) in [5.74, 6) is 0.194. The monoisotopic (exact) mass is 339 g/mol. The molecule has 0 saturated carbocycles. The molecule has 0 N–H and O–H groups in total. The van der Waals surface area contributed by atoms with Crippen molar-refractivity contribution in [2.24, 2.45) is 0 Å². The average molecular weight is 339 g/mol. The van der Waals surface area contributed by atoms with Gasteiger partial charge in [-0.1, -0.05) is 18.2 Å². The van der Waals surface area contributed by atoms with Crippen LogP contribution in [0.3, 0.4) is 0 Å². The van der Waals surface area contributed by atoms with Crippen LogP contribution in [0.5, 0.6) is 0 Å². The number of hydrogen-bond acceptors (Lipinski definition) is 5. The minimum atomic E-state index is -0.341. The van der Waals surface area contributed by atoms with Crippen LogP contribution in [0.15, 0.2) is 57.6 Å². The number of ether oxygens (including phenoxy) is 1. The number of Topliss-reactive ketones (excluding diaryl/α,β-unsaturated/α-hetero) is 1. The molecule has 4 rings (SSSR count). The normalized spacial score (nSPS) is 17.8. The Balaban J connectivity index is 1.55. The first-order valence-electron chi connectivity index (χ1n) is 8.16. The minimum Gasteiger partial charge on any atom is -0.461 e. The van der Waals surface area contributed by atoms with Crippen molar-refractivity contribution in [2.75, 3.05) is 19.8 Å². The van der Waals surface area contributed by atoms with Crippen LogP contribution in [0.25, 0.3) is 11.0 Å². The molecule has 6 nitrogen and oxygen atoms in total. The van der Waals surface area contributed by atoms with E-state index in [1.165, 1.54) is 6.26 Å². The highest BCUT2D eigenvalue weighted by molar-refractivity contribution is 5.97. The number of nitrogens with zero attached hydrogens (tertiary/aromatic N) is 1. The number of fused-ring (bicyclic) bond motifs is 1. The summed E-state index contributed by atoms with van der Waals surface area (Å²) >= 11 is 0. The van der Waals surface area contributed by atoms with Gasteiger partial charge in [0.25, 0.3) is 5.91 Å². The second kappa shape index (κ2) is 6.57. The van der Waals surface area contributed by atoms with E-state index in [1.807, 2.05) is 24.3 Å². The van der Waals surface area contributed by atoms with E-state index in [9.17, 15) is 9.59 Å². The topological polar surface area (TPSA) is 72.9 Å². The summed E-state index contributed by atoms with van der Waals surface area (Å²) in [7, 11) is 0. The van der Waals surface area contributed by atoms with Gasteiger partial charge < -0.3 is 18.5 Å². The maximum atomic E-state index is 12.9. The van der Waals surface area contributed by atoms with Crippen LogP contribution in [-0.4, -0.2) is 42.4 Å². The molecule has 3 aromatic rings. The van der Waals surface area contributed by atoms with Crippen LogP contribution >= 0.6 is 0 Å². The van der Waals surface area contributed by atoms with Crippen LogP contribution in [-0.2, 0) is 4.74 Å². The van der Waals surface area contributed by atoms with Gasteiger partial charge in [0.1, 0.15) is 5.58 Å². The van der Waals surface area contributed by atoms with E-state index in [1.54, 1.807) is 23.1 Å². The summed E-state index contributed by atoms with van der Waals surface area (Å²) in [6, 6.07) is 12.2. The van der Waals surface area contributed by atoms with Crippen molar-refractivity contribution in [3.8, 4) is 0 Å². The highest BCUT2D eigenvalue weighted by Gasteiger charge is 2.32. The Labute approximate surface area is 144 Å². The quantitative estimate of drug-likeness (QED) is 0.683. The van der Waals surface area contributed by atoms with E-state index in [-0.39, 0.29) is 29.9 Å². The van der Waals surface area contributed by atoms with Gasteiger partial charge in [0.2, 0.25) is 0 Å². The number of amides is 1. The lowest BCUT2D eigenvalue weighted by Gasteiger charge is -2.34. The van der Waals surface area contributed by atoms with Crippen LogP contribution in [0.1, 0.15) is 27.5 Å². The number of para-hydroxylation sites is 1. The maximum absolute atomic E-state index is 12.9. The van der Waals surface area contributed by atoms with Gasteiger partial charge in [-0.2, -0.15) is 0 Å². The Hall–Kier alpha value is -2.86. The largest absolute Gasteiger partial charge is 0.461 e. The number of hydrogen-bond donors (Lipinski definition) is 0. The summed E-state index contributed by atoms with van der Waals surface area (Å²) in [5, 5.41) is 0.877. The van der Waals surface area contributed by atoms with Gasteiger partial charge in [-0.05, 0) is 24.3 Å². The molecule has 3 heterocycles.